The highest BCUT2D eigenvalue weighted by Crippen LogP contribution is 2.32. The molecule has 0 aliphatic rings. The van der Waals surface area contributed by atoms with Crippen LogP contribution in [0.4, 0.5) is 10.2 Å². The summed E-state index contributed by atoms with van der Waals surface area (Å²) in [7, 11) is 0. The molecule has 1 aromatic heterocycles. The molecule has 4 nitrogen and oxygen atoms in total. The average Bonchev–Trinajstić information content (AvgIpc) is 2.26. The molecule has 88 valence electrons. The van der Waals surface area contributed by atoms with E-state index in [1.54, 1.807) is 0 Å². The van der Waals surface area contributed by atoms with Crippen molar-refractivity contribution in [1.29, 1.82) is 0 Å². The number of aromatic nitrogens is 2. The third-order valence-corrected chi connectivity index (χ3v) is 2.74. The molecule has 1 aromatic carbocycles. The maximum Gasteiger partial charge on any atom is 0.323 e. The summed E-state index contributed by atoms with van der Waals surface area (Å²) in [4.78, 5) is 7.67. The summed E-state index contributed by atoms with van der Waals surface area (Å²) in [6, 6.07) is 4.08. The van der Waals surface area contributed by atoms with Crippen molar-refractivity contribution in [2.75, 3.05) is 5.73 Å². The Labute approximate surface area is 110 Å². The Hall–Kier alpha value is -1.40. The van der Waals surface area contributed by atoms with Crippen LogP contribution in [0.2, 0.25) is 5.02 Å². The van der Waals surface area contributed by atoms with Crippen molar-refractivity contribution in [2.45, 2.75) is 0 Å². The first kappa shape index (κ1) is 12.1. The third kappa shape index (κ3) is 2.83. The second kappa shape index (κ2) is 4.85. The molecule has 2 rings (SSSR count). The number of ether oxygens (including phenoxy) is 1. The van der Waals surface area contributed by atoms with E-state index in [2.05, 4.69) is 25.9 Å². The van der Waals surface area contributed by atoms with Crippen LogP contribution in [0.5, 0.6) is 11.8 Å². The van der Waals surface area contributed by atoms with Gasteiger partial charge in [-0.1, -0.05) is 11.6 Å². The summed E-state index contributed by atoms with van der Waals surface area (Å²) in [5, 5.41) is -0.00211. The smallest absolute Gasteiger partial charge is 0.323 e. The fourth-order valence-corrected chi connectivity index (χ4v) is 1.80. The van der Waals surface area contributed by atoms with E-state index in [0.717, 1.165) is 6.07 Å². The fourth-order valence-electron chi connectivity index (χ4n) is 1.08. The SMILES string of the molecule is Nc1ccnc(Oc2cc(F)c(Cl)cc2Br)n1. The Morgan fingerprint density at radius 1 is 1.41 bits per heavy atom. The van der Waals surface area contributed by atoms with Crippen molar-refractivity contribution >= 4 is 33.3 Å². The van der Waals surface area contributed by atoms with Gasteiger partial charge >= 0.3 is 6.01 Å². The Morgan fingerprint density at radius 2 is 2.18 bits per heavy atom. The third-order valence-electron chi connectivity index (χ3n) is 1.83. The minimum atomic E-state index is -0.589. The second-order valence-electron chi connectivity index (χ2n) is 3.06. The molecular weight excluding hydrogens is 312 g/mol. The highest BCUT2D eigenvalue weighted by molar-refractivity contribution is 9.10. The first-order chi connectivity index (χ1) is 8.06. The van der Waals surface area contributed by atoms with Gasteiger partial charge in [-0.05, 0) is 28.1 Å². The Kier molecular flexibility index (Phi) is 3.44. The van der Waals surface area contributed by atoms with Gasteiger partial charge in [-0.3, -0.25) is 0 Å². The van der Waals surface area contributed by atoms with Crippen LogP contribution in [0.25, 0.3) is 0 Å². The van der Waals surface area contributed by atoms with Gasteiger partial charge in [0.05, 0.1) is 9.50 Å². The summed E-state index contributed by atoms with van der Waals surface area (Å²) in [5.74, 6) is -0.105. The molecule has 0 aliphatic heterocycles. The molecule has 0 spiro atoms. The maximum absolute atomic E-state index is 13.2. The van der Waals surface area contributed by atoms with E-state index in [-0.39, 0.29) is 22.6 Å². The van der Waals surface area contributed by atoms with Gasteiger partial charge in [0.2, 0.25) is 0 Å². The predicted molar refractivity (Wildman–Crippen MR) is 65.6 cm³/mol. The number of hydrogen-bond acceptors (Lipinski definition) is 4. The number of hydrogen-bond donors (Lipinski definition) is 1. The Morgan fingerprint density at radius 3 is 2.88 bits per heavy atom. The van der Waals surface area contributed by atoms with Crippen LogP contribution in [0.15, 0.2) is 28.9 Å². The number of nitrogens with two attached hydrogens (primary N) is 1. The summed E-state index contributed by atoms with van der Waals surface area (Å²) in [6.07, 6.45) is 1.44. The Balaban J connectivity index is 2.33. The quantitative estimate of drug-likeness (QED) is 0.862. The number of halogens is 3. The molecule has 0 fully saturated rings. The lowest BCUT2D eigenvalue weighted by Gasteiger charge is -2.06. The average molecular weight is 319 g/mol. The molecule has 2 N–H and O–H groups in total. The topological polar surface area (TPSA) is 61.0 Å². The van der Waals surface area contributed by atoms with Gasteiger partial charge in [0.25, 0.3) is 0 Å². The molecular formula is C10H6BrClFN3O. The summed E-state index contributed by atoms with van der Waals surface area (Å²) in [5.41, 5.74) is 5.47. The molecule has 2 aromatic rings. The number of rotatable bonds is 2. The van der Waals surface area contributed by atoms with E-state index in [4.69, 9.17) is 22.1 Å². The van der Waals surface area contributed by atoms with Crippen molar-refractivity contribution < 1.29 is 9.13 Å². The van der Waals surface area contributed by atoms with Gasteiger partial charge in [-0.15, -0.1) is 0 Å². The highest BCUT2D eigenvalue weighted by Gasteiger charge is 2.10. The van der Waals surface area contributed by atoms with E-state index in [1.165, 1.54) is 18.3 Å². The zero-order valence-corrected chi connectivity index (χ0v) is 10.7. The number of benzene rings is 1. The molecule has 0 amide bonds. The molecule has 0 atom stereocenters. The standard InChI is InChI=1S/C10H6BrClFN3O/c11-5-3-6(12)7(13)4-8(5)17-10-15-2-1-9(14)16-10/h1-4H,(H2,14,15,16). The van der Waals surface area contributed by atoms with Crippen molar-refractivity contribution in [1.82, 2.24) is 9.97 Å². The summed E-state index contributed by atoms with van der Waals surface area (Å²) >= 11 is 8.80. The first-order valence-corrected chi connectivity index (χ1v) is 5.64. The monoisotopic (exact) mass is 317 g/mol. The zero-order chi connectivity index (χ0) is 12.4. The normalized spacial score (nSPS) is 10.3. The molecule has 0 unspecified atom stereocenters. The second-order valence-corrected chi connectivity index (χ2v) is 4.32. The van der Waals surface area contributed by atoms with Gasteiger partial charge < -0.3 is 10.5 Å². The summed E-state index contributed by atoms with van der Waals surface area (Å²) in [6.45, 7) is 0. The predicted octanol–water partition coefficient (Wildman–Crippen LogP) is 3.41. The lowest BCUT2D eigenvalue weighted by molar-refractivity contribution is 0.436. The van der Waals surface area contributed by atoms with Crippen LogP contribution in [0.3, 0.4) is 0 Å². The molecule has 7 heteroatoms. The minimum Gasteiger partial charge on any atom is -0.423 e. The van der Waals surface area contributed by atoms with Crippen molar-refractivity contribution in [3.8, 4) is 11.8 Å². The van der Waals surface area contributed by atoms with Crippen LogP contribution in [0.1, 0.15) is 0 Å². The zero-order valence-electron chi connectivity index (χ0n) is 8.32. The minimum absolute atomic E-state index is 0.00211. The number of nitrogen functional groups attached to an aromatic ring is 1. The maximum atomic E-state index is 13.2. The largest absolute Gasteiger partial charge is 0.423 e. The molecule has 17 heavy (non-hydrogen) atoms. The lowest BCUT2D eigenvalue weighted by Crippen LogP contribution is -1.96. The van der Waals surface area contributed by atoms with Gasteiger partial charge in [0, 0.05) is 12.3 Å². The molecule has 1 heterocycles. The van der Waals surface area contributed by atoms with Crippen LogP contribution < -0.4 is 10.5 Å². The molecule has 0 bridgehead atoms. The molecule has 0 saturated heterocycles. The van der Waals surface area contributed by atoms with Gasteiger partial charge in [0.1, 0.15) is 17.4 Å². The summed E-state index contributed by atoms with van der Waals surface area (Å²) < 4.78 is 19.0. The van der Waals surface area contributed by atoms with Gasteiger partial charge in [-0.25, -0.2) is 9.37 Å². The first-order valence-electron chi connectivity index (χ1n) is 4.47. The van der Waals surface area contributed by atoms with Crippen molar-refractivity contribution in [3.05, 3.63) is 39.7 Å². The van der Waals surface area contributed by atoms with Crippen molar-refractivity contribution in [2.24, 2.45) is 0 Å². The van der Waals surface area contributed by atoms with Crippen LogP contribution in [-0.4, -0.2) is 9.97 Å². The number of anilines is 1. The van der Waals surface area contributed by atoms with Gasteiger partial charge in [0.15, 0.2) is 0 Å². The highest BCUT2D eigenvalue weighted by atomic mass is 79.9. The van der Waals surface area contributed by atoms with E-state index < -0.39 is 5.82 Å². The Bertz CT molecular complexity index is 567. The number of nitrogens with zero attached hydrogens (tertiary/aromatic N) is 2. The van der Waals surface area contributed by atoms with E-state index in [1.807, 2.05) is 0 Å². The van der Waals surface area contributed by atoms with E-state index >= 15 is 0 Å². The molecule has 0 radical (unpaired) electrons. The molecule has 0 saturated carbocycles. The van der Waals surface area contributed by atoms with Crippen LogP contribution >= 0.6 is 27.5 Å². The lowest BCUT2D eigenvalue weighted by atomic mass is 10.3. The van der Waals surface area contributed by atoms with Crippen LogP contribution in [0, 0.1) is 5.82 Å². The van der Waals surface area contributed by atoms with Crippen LogP contribution in [-0.2, 0) is 0 Å². The van der Waals surface area contributed by atoms with E-state index in [0.29, 0.717) is 4.47 Å². The van der Waals surface area contributed by atoms with Crippen molar-refractivity contribution in [3.63, 3.8) is 0 Å². The fraction of sp³-hybridized carbons (Fsp3) is 0. The van der Waals surface area contributed by atoms with E-state index in [9.17, 15) is 4.39 Å². The molecule has 0 aliphatic carbocycles. The van der Waals surface area contributed by atoms with Gasteiger partial charge in [-0.2, -0.15) is 4.98 Å².